The van der Waals surface area contributed by atoms with E-state index in [1.54, 1.807) is 11.1 Å². The van der Waals surface area contributed by atoms with Crippen LogP contribution >= 0.6 is 0 Å². The van der Waals surface area contributed by atoms with E-state index < -0.39 is 11.8 Å². The van der Waals surface area contributed by atoms with E-state index in [9.17, 15) is 19.2 Å². The maximum absolute atomic E-state index is 12.7. The third kappa shape index (κ3) is 7.06. The lowest BCUT2D eigenvalue weighted by molar-refractivity contribution is -0.134. The van der Waals surface area contributed by atoms with Gasteiger partial charge in [0.15, 0.2) is 17.1 Å². The summed E-state index contributed by atoms with van der Waals surface area (Å²) in [6, 6.07) is 12.9. The number of imide groups is 1. The molecule has 4 saturated heterocycles. The number of piperidine rings is 2. The number of hydrogen-bond acceptors (Lipinski definition) is 11. The van der Waals surface area contributed by atoms with Crippen LogP contribution in [0, 0.1) is 11.3 Å². The minimum Gasteiger partial charge on any atom is -0.364 e. The molecule has 15 heteroatoms. The molecule has 5 fully saturated rings. The number of anilines is 3. The number of benzene rings is 2. The maximum atomic E-state index is 12.7. The third-order valence-corrected chi connectivity index (χ3v) is 14.2. The Kier molecular flexibility index (Phi) is 9.53. The number of fused-ring (bicyclic) bond motifs is 3. The number of likely N-dealkylation sites (tertiary alicyclic amines) is 1. The van der Waals surface area contributed by atoms with Crippen LogP contribution in [0.3, 0.4) is 0 Å². The summed E-state index contributed by atoms with van der Waals surface area (Å²) in [4.78, 5) is 67.1. The van der Waals surface area contributed by atoms with Crippen molar-refractivity contribution in [3.63, 3.8) is 0 Å². The van der Waals surface area contributed by atoms with Gasteiger partial charge in [0.05, 0.1) is 18.2 Å². The molecular formula is C44H52N10O5. The SMILES string of the molecule is CN1CCN([C@@H]2CCCN(c3cnc(C(N)=O)c(Nc4ccc(C5CCC6(CC5)CN(CC5Cc7ccc8c(C9CCC(=O)NC9=O)noc8c7C5)C6)cc4)n3)C2)C1=O. The highest BCUT2D eigenvalue weighted by atomic mass is 16.5. The summed E-state index contributed by atoms with van der Waals surface area (Å²) in [5.41, 5.74) is 12.4. The number of urea groups is 1. The molecule has 4 N–H and O–H groups in total. The number of nitrogens with zero attached hydrogens (tertiary/aromatic N) is 7. The topological polar surface area (TPSA) is 183 Å². The van der Waals surface area contributed by atoms with Crippen LogP contribution in [0.15, 0.2) is 47.1 Å². The van der Waals surface area contributed by atoms with Crippen molar-refractivity contribution >= 4 is 52.0 Å². The summed E-state index contributed by atoms with van der Waals surface area (Å²) < 4.78 is 5.88. The molecule has 6 aliphatic rings. The zero-order valence-electron chi connectivity index (χ0n) is 33.6. The van der Waals surface area contributed by atoms with Crippen molar-refractivity contribution in [2.45, 2.75) is 82.1 Å². The number of hydrogen-bond donors (Lipinski definition) is 3. The summed E-state index contributed by atoms with van der Waals surface area (Å²) in [6.07, 6.45) is 11.0. The summed E-state index contributed by atoms with van der Waals surface area (Å²) in [6.45, 7) is 6.32. The summed E-state index contributed by atoms with van der Waals surface area (Å²) in [5, 5.41) is 11.0. The Morgan fingerprint density at radius 1 is 1.00 bits per heavy atom. The van der Waals surface area contributed by atoms with Gasteiger partial charge in [-0.25, -0.2) is 14.8 Å². The molecule has 2 aliphatic carbocycles. The van der Waals surface area contributed by atoms with Crippen molar-refractivity contribution < 1.29 is 23.7 Å². The van der Waals surface area contributed by atoms with Crippen LogP contribution in [0.5, 0.6) is 0 Å². The molecule has 1 saturated carbocycles. The van der Waals surface area contributed by atoms with Crippen molar-refractivity contribution in [1.82, 2.24) is 35.1 Å². The Labute approximate surface area is 343 Å². The molecule has 1 spiro atoms. The molecule has 59 heavy (non-hydrogen) atoms. The van der Waals surface area contributed by atoms with Crippen LogP contribution < -0.4 is 21.3 Å². The number of carbonyl (C=O) groups is 4. The van der Waals surface area contributed by atoms with E-state index in [0.717, 1.165) is 81.6 Å². The number of nitrogens with two attached hydrogens (primary N) is 1. The first-order valence-electron chi connectivity index (χ1n) is 21.4. The van der Waals surface area contributed by atoms with Gasteiger partial charge in [0.25, 0.3) is 5.91 Å². The number of amides is 5. The molecule has 5 amide bonds. The Morgan fingerprint density at radius 2 is 1.81 bits per heavy atom. The number of carbonyl (C=O) groups excluding carboxylic acids is 4. The van der Waals surface area contributed by atoms with Gasteiger partial charge in [0.1, 0.15) is 11.5 Å². The predicted molar refractivity (Wildman–Crippen MR) is 220 cm³/mol. The van der Waals surface area contributed by atoms with Gasteiger partial charge < -0.3 is 35.2 Å². The zero-order valence-corrected chi connectivity index (χ0v) is 33.6. The molecule has 4 aliphatic heterocycles. The highest BCUT2D eigenvalue weighted by molar-refractivity contribution is 6.02. The largest absolute Gasteiger partial charge is 0.364 e. The molecule has 4 aromatic rings. The van der Waals surface area contributed by atoms with Crippen LogP contribution in [0.1, 0.15) is 96.1 Å². The fourth-order valence-electron chi connectivity index (χ4n) is 11.0. The highest BCUT2D eigenvalue weighted by Crippen LogP contribution is 2.49. The second-order valence-electron chi connectivity index (χ2n) is 18.0. The molecule has 6 heterocycles. The van der Waals surface area contributed by atoms with Gasteiger partial charge in [0, 0.05) is 75.9 Å². The fourth-order valence-corrected chi connectivity index (χ4v) is 11.0. The van der Waals surface area contributed by atoms with Gasteiger partial charge >= 0.3 is 6.03 Å². The van der Waals surface area contributed by atoms with Gasteiger partial charge in [-0.2, -0.15) is 0 Å². The van der Waals surface area contributed by atoms with Crippen molar-refractivity contribution in [2.75, 3.05) is 63.1 Å². The minimum absolute atomic E-state index is 0.0737. The summed E-state index contributed by atoms with van der Waals surface area (Å²) in [7, 11) is 1.84. The molecule has 0 radical (unpaired) electrons. The number of likely N-dealkylation sites (N-methyl/N-ethyl adjacent to an activating group) is 1. The molecule has 3 atom stereocenters. The second-order valence-corrected chi connectivity index (χ2v) is 18.0. The summed E-state index contributed by atoms with van der Waals surface area (Å²) >= 11 is 0. The normalized spacial score (nSPS) is 24.8. The Balaban J connectivity index is 0.723. The smallest absolute Gasteiger partial charge is 0.320 e. The van der Waals surface area contributed by atoms with Crippen LogP contribution in [-0.4, -0.2) is 112 Å². The molecule has 2 unspecified atom stereocenters. The molecule has 2 aromatic heterocycles. The zero-order chi connectivity index (χ0) is 40.4. The van der Waals surface area contributed by atoms with Crippen molar-refractivity contribution in [3.05, 3.63) is 70.7 Å². The quantitative estimate of drug-likeness (QED) is 0.200. The lowest BCUT2D eigenvalue weighted by Crippen LogP contribution is -2.58. The molecule has 2 aromatic carbocycles. The predicted octanol–water partition coefficient (Wildman–Crippen LogP) is 4.69. The first-order valence-corrected chi connectivity index (χ1v) is 21.4. The van der Waals surface area contributed by atoms with Gasteiger partial charge in [-0.3, -0.25) is 19.7 Å². The van der Waals surface area contributed by atoms with E-state index in [4.69, 9.17) is 15.2 Å². The Hall–Kier alpha value is -5.57. The van der Waals surface area contributed by atoms with E-state index in [1.807, 2.05) is 18.0 Å². The first-order chi connectivity index (χ1) is 28.6. The number of aromatic nitrogens is 3. The maximum Gasteiger partial charge on any atom is 0.320 e. The van der Waals surface area contributed by atoms with Gasteiger partial charge in [-0.1, -0.05) is 23.4 Å². The fraction of sp³-hybridized carbons (Fsp3) is 0.523. The van der Waals surface area contributed by atoms with Crippen LogP contribution in [0.2, 0.25) is 0 Å². The van der Waals surface area contributed by atoms with E-state index in [-0.39, 0.29) is 29.6 Å². The highest BCUT2D eigenvalue weighted by Gasteiger charge is 2.46. The van der Waals surface area contributed by atoms with Gasteiger partial charge in [-0.05, 0) is 104 Å². The van der Waals surface area contributed by atoms with Crippen molar-refractivity contribution in [2.24, 2.45) is 17.1 Å². The second kappa shape index (κ2) is 14.9. The van der Waals surface area contributed by atoms with Crippen molar-refractivity contribution in [1.29, 1.82) is 0 Å². The molecule has 15 nitrogen and oxygen atoms in total. The molecule has 308 valence electrons. The van der Waals surface area contributed by atoms with E-state index >= 15 is 0 Å². The number of nitrogens with one attached hydrogen (secondary N) is 2. The third-order valence-electron chi connectivity index (χ3n) is 14.2. The Bertz CT molecular complexity index is 2310. The summed E-state index contributed by atoms with van der Waals surface area (Å²) in [5.74, 6) is 0.434. The van der Waals surface area contributed by atoms with Gasteiger partial charge in [-0.15, -0.1) is 0 Å². The molecular weight excluding hydrogens is 749 g/mol. The molecule has 10 rings (SSSR count). The van der Waals surface area contributed by atoms with E-state index in [2.05, 4.69) is 60.9 Å². The van der Waals surface area contributed by atoms with Crippen LogP contribution in [-0.2, 0) is 22.4 Å². The Morgan fingerprint density at radius 3 is 2.56 bits per heavy atom. The monoisotopic (exact) mass is 800 g/mol. The van der Waals surface area contributed by atoms with Crippen LogP contribution in [0.4, 0.5) is 22.1 Å². The van der Waals surface area contributed by atoms with Crippen LogP contribution in [0.25, 0.3) is 11.0 Å². The number of rotatable bonds is 9. The lowest BCUT2D eigenvalue weighted by Gasteiger charge is -2.54. The number of primary amides is 1. The van der Waals surface area contributed by atoms with Crippen molar-refractivity contribution in [3.8, 4) is 0 Å². The minimum atomic E-state index is -0.639. The first kappa shape index (κ1) is 37.7. The van der Waals surface area contributed by atoms with E-state index in [0.29, 0.717) is 54.0 Å². The molecule has 0 bridgehead atoms. The lowest BCUT2D eigenvalue weighted by atomic mass is 9.64. The van der Waals surface area contributed by atoms with E-state index in [1.165, 1.54) is 42.4 Å². The average Bonchev–Trinajstić information content (AvgIpc) is 3.94. The van der Waals surface area contributed by atoms with Gasteiger partial charge in [0.2, 0.25) is 11.8 Å². The average molecular weight is 801 g/mol. The standard InChI is InChI=1S/C44H52N10O5/c1-51-17-18-54(43(51)58)31-3-2-16-53(23-31)35-21-46-38(40(45)56)41(48-35)47-30-7-4-27(5-8-30)28-12-14-44(15-13-28)24-52(25-44)22-26-19-29-6-9-32-37(50-59-39(32)34(29)20-26)33-10-11-36(55)49-42(33)57/h4-9,21,26,28,31,33H,2-3,10-20,22-25H2,1H3,(H2,45,56)(H,47,48)(H,49,55,57)/t26?,31-,33?/m1/s1.